The summed E-state index contributed by atoms with van der Waals surface area (Å²) in [5, 5.41) is -0.135. The zero-order chi connectivity index (χ0) is 10.6. The highest BCUT2D eigenvalue weighted by Crippen LogP contribution is 2.27. The standard InChI is InChI=1S/C10H12BrNOS/c1-2-9(10(12)13)14-8-5-3-4-7(11)6-8/h3-6,9H,2H2,1H3,(H2,12,13). The molecular formula is C10H12BrNOS. The van der Waals surface area contributed by atoms with E-state index in [0.717, 1.165) is 15.8 Å². The van der Waals surface area contributed by atoms with Crippen molar-refractivity contribution in [3.05, 3.63) is 28.7 Å². The van der Waals surface area contributed by atoms with Gasteiger partial charge in [0.05, 0.1) is 5.25 Å². The Kier molecular flexibility index (Phi) is 4.48. The number of carbonyl (C=O) groups is 1. The van der Waals surface area contributed by atoms with Gasteiger partial charge < -0.3 is 5.73 Å². The minimum Gasteiger partial charge on any atom is -0.369 e. The van der Waals surface area contributed by atoms with Crippen molar-refractivity contribution in [3.63, 3.8) is 0 Å². The molecule has 2 N–H and O–H groups in total. The van der Waals surface area contributed by atoms with Crippen LogP contribution in [0.15, 0.2) is 33.6 Å². The number of benzene rings is 1. The van der Waals surface area contributed by atoms with Crippen LogP contribution in [0.1, 0.15) is 13.3 Å². The molecule has 14 heavy (non-hydrogen) atoms. The number of carbonyl (C=O) groups excluding carboxylic acids is 1. The van der Waals surface area contributed by atoms with Gasteiger partial charge in [-0.15, -0.1) is 11.8 Å². The quantitative estimate of drug-likeness (QED) is 0.858. The summed E-state index contributed by atoms with van der Waals surface area (Å²) in [6.07, 6.45) is 0.756. The molecule has 0 radical (unpaired) electrons. The molecule has 4 heteroatoms. The van der Waals surface area contributed by atoms with Crippen LogP contribution in [0, 0.1) is 0 Å². The lowest BCUT2D eigenvalue weighted by atomic mass is 10.3. The van der Waals surface area contributed by atoms with Gasteiger partial charge >= 0.3 is 0 Å². The fraction of sp³-hybridized carbons (Fsp3) is 0.300. The number of rotatable bonds is 4. The van der Waals surface area contributed by atoms with E-state index in [1.807, 2.05) is 31.2 Å². The molecule has 0 bridgehead atoms. The fourth-order valence-corrected chi connectivity index (χ4v) is 2.56. The number of amides is 1. The van der Waals surface area contributed by atoms with Crippen molar-refractivity contribution in [2.24, 2.45) is 5.73 Å². The largest absolute Gasteiger partial charge is 0.369 e. The first-order valence-electron chi connectivity index (χ1n) is 4.35. The molecule has 1 aromatic rings. The zero-order valence-corrected chi connectivity index (χ0v) is 10.3. The molecule has 1 atom stereocenters. The highest BCUT2D eigenvalue weighted by molar-refractivity contribution is 9.10. The van der Waals surface area contributed by atoms with Crippen LogP contribution < -0.4 is 5.73 Å². The second-order valence-electron chi connectivity index (χ2n) is 2.87. The van der Waals surface area contributed by atoms with E-state index < -0.39 is 0 Å². The van der Waals surface area contributed by atoms with E-state index in [2.05, 4.69) is 15.9 Å². The summed E-state index contributed by atoms with van der Waals surface area (Å²) in [6, 6.07) is 7.85. The van der Waals surface area contributed by atoms with Crippen LogP contribution in [0.25, 0.3) is 0 Å². The highest BCUT2D eigenvalue weighted by atomic mass is 79.9. The van der Waals surface area contributed by atoms with Crippen LogP contribution >= 0.6 is 27.7 Å². The van der Waals surface area contributed by atoms with Gasteiger partial charge in [-0.05, 0) is 24.6 Å². The van der Waals surface area contributed by atoms with E-state index in [9.17, 15) is 4.79 Å². The molecule has 0 heterocycles. The maximum absolute atomic E-state index is 11.0. The first-order chi connectivity index (χ1) is 6.63. The number of hydrogen-bond acceptors (Lipinski definition) is 2. The second kappa shape index (κ2) is 5.41. The van der Waals surface area contributed by atoms with Gasteiger partial charge in [0.1, 0.15) is 0 Å². The van der Waals surface area contributed by atoms with Crippen molar-refractivity contribution < 1.29 is 4.79 Å². The summed E-state index contributed by atoms with van der Waals surface area (Å²) >= 11 is 4.89. The predicted octanol–water partition coefficient (Wildman–Crippen LogP) is 2.81. The molecule has 0 fully saturated rings. The lowest BCUT2D eigenvalue weighted by Crippen LogP contribution is -2.24. The average Bonchev–Trinajstić information content (AvgIpc) is 2.14. The normalized spacial score (nSPS) is 12.4. The third-order valence-electron chi connectivity index (χ3n) is 1.76. The van der Waals surface area contributed by atoms with Crippen LogP contribution in [0.2, 0.25) is 0 Å². The Morgan fingerprint density at radius 2 is 2.36 bits per heavy atom. The number of primary amides is 1. The lowest BCUT2D eigenvalue weighted by Gasteiger charge is -2.10. The maximum Gasteiger partial charge on any atom is 0.230 e. The minimum atomic E-state index is -0.252. The molecule has 0 aliphatic carbocycles. The molecule has 1 aromatic carbocycles. The van der Waals surface area contributed by atoms with Gasteiger partial charge in [-0.3, -0.25) is 4.79 Å². The van der Waals surface area contributed by atoms with E-state index in [0.29, 0.717) is 0 Å². The topological polar surface area (TPSA) is 43.1 Å². The van der Waals surface area contributed by atoms with Crippen LogP contribution in [-0.2, 0) is 4.79 Å². The SMILES string of the molecule is CCC(Sc1cccc(Br)c1)C(N)=O. The molecule has 0 saturated carbocycles. The Morgan fingerprint density at radius 3 is 2.86 bits per heavy atom. The van der Waals surface area contributed by atoms with Crippen LogP contribution in [0.3, 0.4) is 0 Å². The second-order valence-corrected chi connectivity index (χ2v) is 5.07. The van der Waals surface area contributed by atoms with Gasteiger partial charge in [-0.1, -0.05) is 28.9 Å². The molecular weight excluding hydrogens is 262 g/mol. The van der Waals surface area contributed by atoms with Gasteiger partial charge in [0.15, 0.2) is 0 Å². The van der Waals surface area contributed by atoms with Crippen molar-refractivity contribution >= 4 is 33.6 Å². The summed E-state index contributed by atoms with van der Waals surface area (Å²) in [5.41, 5.74) is 5.26. The Hall–Kier alpha value is -0.480. The van der Waals surface area contributed by atoms with E-state index >= 15 is 0 Å². The smallest absolute Gasteiger partial charge is 0.230 e. The average molecular weight is 274 g/mol. The molecule has 1 unspecified atom stereocenters. The van der Waals surface area contributed by atoms with E-state index in [-0.39, 0.29) is 11.2 Å². The maximum atomic E-state index is 11.0. The first-order valence-corrected chi connectivity index (χ1v) is 6.02. The molecule has 0 spiro atoms. The van der Waals surface area contributed by atoms with Crippen molar-refractivity contribution in [1.82, 2.24) is 0 Å². The zero-order valence-electron chi connectivity index (χ0n) is 7.87. The van der Waals surface area contributed by atoms with Crippen LogP contribution in [-0.4, -0.2) is 11.2 Å². The Labute approximate surface area is 96.4 Å². The summed E-state index contributed by atoms with van der Waals surface area (Å²) in [7, 11) is 0. The predicted molar refractivity (Wildman–Crippen MR) is 63.3 cm³/mol. The molecule has 2 nitrogen and oxygen atoms in total. The van der Waals surface area contributed by atoms with Crippen molar-refractivity contribution in [2.45, 2.75) is 23.5 Å². The number of halogens is 1. The summed E-state index contributed by atoms with van der Waals surface area (Å²) in [6.45, 7) is 1.96. The van der Waals surface area contributed by atoms with Crippen LogP contribution in [0.4, 0.5) is 0 Å². The molecule has 76 valence electrons. The number of nitrogens with two attached hydrogens (primary N) is 1. The molecule has 1 rings (SSSR count). The van der Waals surface area contributed by atoms with E-state index in [4.69, 9.17) is 5.73 Å². The molecule has 0 aromatic heterocycles. The van der Waals surface area contributed by atoms with Crippen molar-refractivity contribution in [2.75, 3.05) is 0 Å². The third kappa shape index (κ3) is 3.35. The summed E-state index contributed by atoms with van der Waals surface area (Å²) in [4.78, 5) is 12.1. The fourth-order valence-electron chi connectivity index (χ4n) is 1.05. The van der Waals surface area contributed by atoms with Crippen molar-refractivity contribution in [1.29, 1.82) is 0 Å². The third-order valence-corrected chi connectivity index (χ3v) is 3.63. The van der Waals surface area contributed by atoms with Gasteiger partial charge in [0.2, 0.25) is 5.91 Å². The van der Waals surface area contributed by atoms with Crippen LogP contribution in [0.5, 0.6) is 0 Å². The van der Waals surface area contributed by atoms with E-state index in [1.165, 1.54) is 11.8 Å². The van der Waals surface area contributed by atoms with Gasteiger partial charge in [-0.2, -0.15) is 0 Å². The lowest BCUT2D eigenvalue weighted by molar-refractivity contribution is -0.117. The molecule has 0 aliphatic rings. The Morgan fingerprint density at radius 1 is 1.64 bits per heavy atom. The molecule has 1 amide bonds. The number of thioether (sulfide) groups is 1. The monoisotopic (exact) mass is 273 g/mol. The van der Waals surface area contributed by atoms with E-state index in [1.54, 1.807) is 0 Å². The molecule has 0 saturated heterocycles. The first kappa shape index (κ1) is 11.6. The minimum absolute atomic E-state index is 0.135. The van der Waals surface area contributed by atoms with Crippen molar-refractivity contribution in [3.8, 4) is 0 Å². The van der Waals surface area contributed by atoms with Gasteiger partial charge in [0, 0.05) is 9.37 Å². The van der Waals surface area contributed by atoms with Gasteiger partial charge in [-0.25, -0.2) is 0 Å². The Bertz CT molecular complexity index is 330. The van der Waals surface area contributed by atoms with Gasteiger partial charge in [0.25, 0.3) is 0 Å². The Balaban J connectivity index is 2.72. The summed E-state index contributed by atoms with van der Waals surface area (Å²) < 4.78 is 1.02. The molecule has 0 aliphatic heterocycles. The summed E-state index contributed by atoms with van der Waals surface area (Å²) in [5.74, 6) is -0.252. The highest BCUT2D eigenvalue weighted by Gasteiger charge is 2.13. The number of hydrogen-bond donors (Lipinski definition) is 1.